The number of rotatable bonds is 6. The van der Waals surface area contributed by atoms with E-state index < -0.39 is 0 Å². The maximum Gasteiger partial charge on any atom is 0.271 e. The molecule has 0 fully saturated rings. The van der Waals surface area contributed by atoms with Crippen LogP contribution in [0, 0.1) is 0 Å². The molecule has 0 aliphatic rings. The molecule has 3 aromatic rings. The van der Waals surface area contributed by atoms with E-state index in [1.54, 1.807) is 28.5 Å². The van der Waals surface area contributed by atoms with Crippen LogP contribution >= 0.6 is 11.3 Å². The molecule has 0 aliphatic heterocycles. The van der Waals surface area contributed by atoms with Crippen molar-refractivity contribution in [3.63, 3.8) is 0 Å². The summed E-state index contributed by atoms with van der Waals surface area (Å²) in [6, 6.07) is 5.67. The van der Waals surface area contributed by atoms with E-state index in [1.807, 2.05) is 40.7 Å². The number of H-pyrrole nitrogens is 1. The number of hydrogen-bond acceptors (Lipinski definition) is 4. The van der Waals surface area contributed by atoms with E-state index in [0.717, 1.165) is 11.3 Å². The van der Waals surface area contributed by atoms with Gasteiger partial charge in [0.2, 0.25) is 0 Å². The summed E-state index contributed by atoms with van der Waals surface area (Å²) in [4.78, 5) is 14.3. The molecule has 3 rings (SSSR count). The molecule has 0 saturated heterocycles. The molecule has 6 nitrogen and oxygen atoms in total. The van der Waals surface area contributed by atoms with Crippen LogP contribution in [0.2, 0.25) is 0 Å². The highest BCUT2D eigenvalue weighted by Gasteiger charge is 2.17. The van der Waals surface area contributed by atoms with E-state index in [-0.39, 0.29) is 5.91 Å². The summed E-state index contributed by atoms with van der Waals surface area (Å²) in [7, 11) is 0. The molecule has 3 aromatic heterocycles. The van der Waals surface area contributed by atoms with Crippen LogP contribution in [0.3, 0.4) is 0 Å². The third kappa shape index (κ3) is 3.09. The van der Waals surface area contributed by atoms with Crippen molar-refractivity contribution in [2.45, 2.75) is 13.5 Å². The molecule has 114 valence electrons. The number of thiophene rings is 1. The Labute approximate surface area is 132 Å². The number of likely N-dealkylation sites (N-methyl/N-ethyl adjacent to an activating group) is 1. The molecule has 0 atom stereocenters. The zero-order valence-electron chi connectivity index (χ0n) is 12.3. The lowest BCUT2D eigenvalue weighted by atomic mass is 10.2. The van der Waals surface area contributed by atoms with Gasteiger partial charge in [0.25, 0.3) is 5.91 Å². The van der Waals surface area contributed by atoms with Crippen molar-refractivity contribution in [3.05, 3.63) is 47.0 Å². The van der Waals surface area contributed by atoms with Crippen LogP contribution in [0.15, 0.2) is 41.4 Å². The molecular formula is C15H17N5OS. The first-order valence-electron chi connectivity index (χ1n) is 7.12. The molecule has 0 bridgehead atoms. The lowest BCUT2D eigenvalue weighted by molar-refractivity contribution is 0.0751. The van der Waals surface area contributed by atoms with Crippen LogP contribution in [-0.4, -0.2) is 43.9 Å². The quantitative estimate of drug-likeness (QED) is 0.760. The normalized spacial score (nSPS) is 10.8. The van der Waals surface area contributed by atoms with Crippen molar-refractivity contribution in [1.29, 1.82) is 0 Å². The first-order chi connectivity index (χ1) is 10.8. The summed E-state index contributed by atoms with van der Waals surface area (Å²) < 4.78 is 1.82. The van der Waals surface area contributed by atoms with E-state index in [4.69, 9.17) is 0 Å². The molecule has 0 unspecified atom stereocenters. The Kier molecular flexibility index (Phi) is 4.34. The van der Waals surface area contributed by atoms with Crippen LogP contribution in [0.25, 0.3) is 11.3 Å². The molecular weight excluding hydrogens is 298 g/mol. The molecule has 1 amide bonds. The predicted octanol–water partition coefficient (Wildman–Crippen LogP) is 2.50. The Morgan fingerprint density at radius 2 is 2.41 bits per heavy atom. The van der Waals surface area contributed by atoms with E-state index in [9.17, 15) is 4.79 Å². The minimum Gasteiger partial charge on any atom is -0.336 e. The van der Waals surface area contributed by atoms with E-state index in [0.29, 0.717) is 25.3 Å². The molecule has 0 spiro atoms. The van der Waals surface area contributed by atoms with Gasteiger partial charge in [-0.1, -0.05) is 0 Å². The van der Waals surface area contributed by atoms with E-state index in [2.05, 4.69) is 15.3 Å². The van der Waals surface area contributed by atoms with Crippen LogP contribution in [-0.2, 0) is 6.54 Å². The van der Waals surface area contributed by atoms with Crippen molar-refractivity contribution in [3.8, 4) is 11.3 Å². The smallest absolute Gasteiger partial charge is 0.271 e. The van der Waals surface area contributed by atoms with Gasteiger partial charge in [-0.25, -0.2) is 0 Å². The molecule has 0 saturated carbocycles. The molecule has 0 aromatic carbocycles. The minimum atomic E-state index is -0.0383. The van der Waals surface area contributed by atoms with Crippen molar-refractivity contribution in [2.24, 2.45) is 0 Å². The molecule has 0 radical (unpaired) electrons. The number of nitrogens with one attached hydrogen (secondary N) is 1. The van der Waals surface area contributed by atoms with Gasteiger partial charge in [0, 0.05) is 36.4 Å². The summed E-state index contributed by atoms with van der Waals surface area (Å²) >= 11 is 1.61. The molecule has 1 N–H and O–H groups in total. The Morgan fingerprint density at radius 3 is 3.09 bits per heavy atom. The van der Waals surface area contributed by atoms with Crippen LogP contribution in [0.4, 0.5) is 0 Å². The average molecular weight is 315 g/mol. The van der Waals surface area contributed by atoms with Gasteiger partial charge in [0.1, 0.15) is 5.69 Å². The maximum atomic E-state index is 12.5. The first kappa shape index (κ1) is 14.5. The second kappa shape index (κ2) is 6.57. The van der Waals surface area contributed by atoms with Crippen molar-refractivity contribution in [2.75, 3.05) is 13.1 Å². The highest BCUT2D eigenvalue weighted by Crippen LogP contribution is 2.20. The van der Waals surface area contributed by atoms with Crippen molar-refractivity contribution < 1.29 is 4.79 Å². The Bertz CT molecular complexity index is 717. The van der Waals surface area contributed by atoms with Gasteiger partial charge in [-0.15, -0.1) is 0 Å². The standard InChI is InChI=1S/C15H17N5OS/c1-2-19(7-8-20-6-3-5-16-20)15(21)14-10-13(17-18-14)12-4-9-22-11-12/h3-6,9-11H,2,7-8H2,1H3,(H,17,18). The summed E-state index contributed by atoms with van der Waals surface area (Å²) in [5.74, 6) is -0.0383. The molecule has 0 aliphatic carbocycles. The summed E-state index contributed by atoms with van der Waals surface area (Å²) in [5, 5.41) is 15.2. The second-order valence-electron chi connectivity index (χ2n) is 4.83. The lowest BCUT2D eigenvalue weighted by Crippen LogP contribution is -2.34. The van der Waals surface area contributed by atoms with Crippen LogP contribution in [0.5, 0.6) is 0 Å². The van der Waals surface area contributed by atoms with E-state index >= 15 is 0 Å². The predicted molar refractivity (Wildman–Crippen MR) is 85.7 cm³/mol. The van der Waals surface area contributed by atoms with Gasteiger partial charge in [-0.3, -0.25) is 14.6 Å². The fraction of sp³-hybridized carbons (Fsp3) is 0.267. The van der Waals surface area contributed by atoms with Gasteiger partial charge in [0.15, 0.2) is 0 Å². The Hall–Kier alpha value is -2.41. The SMILES string of the molecule is CCN(CCn1cccn1)C(=O)c1cc(-c2ccsc2)n[nH]1. The number of hydrogen-bond donors (Lipinski definition) is 1. The topological polar surface area (TPSA) is 66.8 Å². The number of aromatic nitrogens is 4. The summed E-state index contributed by atoms with van der Waals surface area (Å²) in [5.41, 5.74) is 2.34. The largest absolute Gasteiger partial charge is 0.336 e. The monoisotopic (exact) mass is 315 g/mol. The molecule has 7 heteroatoms. The third-order valence-electron chi connectivity index (χ3n) is 3.45. The maximum absolute atomic E-state index is 12.5. The van der Waals surface area contributed by atoms with Crippen LogP contribution < -0.4 is 0 Å². The number of nitrogens with zero attached hydrogens (tertiary/aromatic N) is 4. The third-order valence-corrected chi connectivity index (χ3v) is 4.14. The number of amides is 1. The van der Waals surface area contributed by atoms with Gasteiger partial charge >= 0.3 is 0 Å². The zero-order chi connectivity index (χ0) is 15.4. The number of aromatic amines is 1. The first-order valence-corrected chi connectivity index (χ1v) is 8.07. The highest BCUT2D eigenvalue weighted by molar-refractivity contribution is 7.08. The minimum absolute atomic E-state index is 0.0383. The summed E-state index contributed by atoms with van der Waals surface area (Å²) in [6.45, 7) is 3.91. The van der Waals surface area contributed by atoms with Gasteiger partial charge < -0.3 is 4.90 Å². The average Bonchev–Trinajstić information content (AvgIpc) is 3.28. The number of carbonyl (C=O) groups is 1. The van der Waals surface area contributed by atoms with Crippen molar-refractivity contribution in [1.82, 2.24) is 24.9 Å². The summed E-state index contributed by atoms with van der Waals surface area (Å²) in [6.07, 6.45) is 3.63. The Morgan fingerprint density at radius 1 is 1.50 bits per heavy atom. The van der Waals surface area contributed by atoms with Gasteiger partial charge in [-0.2, -0.15) is 21.5 Å². The van der Waals surface area contributed by atoms with Gasteiger partial charge in [0.05, 0.1) is 12.2 Å². The van der Waals surface area contributed by atoms with Gasteiger partial charge in [-0.05, 0) is 30.5 Å². The highest BCUT2D eigenvalue weighted by atomic mass is 32.1. The fourth-order valence-electron chi connectivity index (χ4n) is 2.22. The molecule has 22 heavy (non-hydrogen) atoms. The second-order valence-corrected chi connectivity index (χ2v) is 5.61. The van der Waals surface area contributed by atoms with Crippen molar-refractivity contribution >= 4 is 17.2 Å². The lowest BCUT2D eigenvalue weighted by Gasteiger charge is -2.19. The number of carbonyl (C=O) groups excluding carboxylic acids is 1. The fourth-order valence-corrected chi connectivity index (χ4v) is 2.87. The Balaban J connectivity index is 1.68. The molecule has 3 heterocycles. The zero-order valence-corrected chi connectivity index (χ0v) is 13.1. The van der Waals surface area contributed by atoms with E-state index in [1.165, 1.54) is 0 Å². The van der Waals surface area contributed by atoms with Crippen LogP contribution in [0.1, 0.15) is 17.4 Å².